The van der Waals surface area contributed by atoms with Crippen LogP contribution in [0.2, 0.25) is 0 Å². The van der Waals surface area contributed by atoms with Gasteiger partial charge in [-0.05, 0) is 0 Å². The van der Waals surface area contributed by atoms with E-state index < -0.39 is 42.2 Å². The molecule has 1 fully saturated rings. The van der Waals surface area contributed by atoms with Crippen molar-refractivity contribution in [3.63, 3.8) is 0 Å². The SMILES string of the molecule is CC(=O)OC1(C(F)(F)F)COC(O)(C(F)(F)F)C1(F)F. The fourth-order valence-electron chi connectivity index (χ4n) is 1.58. The third-order valence-corrected chi connectivity index (χ3v) is 2.58. The van der Waals surface area contributed by atoms with Crippen LogP contribution >= 0.6 is 0 Å². The lowest BCUT2D eigenvalue weighted by molar-refractivity contribution is -0.421. The van der Waals surface area contributed by atoms with Gasteiger partial charge in [-0.3, -0.25) is 4.79 Å². The largest absolute Gasteiger partial charge is 0.449 e. The van der Waals surface area contributed by atoms with Crippen LogP contribution in [0.1, 0.15) is 6.92 Å². The van der Waals surface area contributed by atoms with Gasteiger partial charge < -0.3 is 14.6 Å². The van der Waals surface area contributed by atoms with Crippen LogP contribution in [-0.4, -0.2) is 47.3 Å². The molecule has 1 saturated heterocycles. The number of esters is 1. The van der Waals surface area contributed by atoms with Crippen LogP contribution in [0.25, 0.3) is 0 Å². The summed E-state index contributed by atoms with van der Waals surface area (Å²) in [6, 6.07) is 0. The Bertz CT molecular complexity index is 416. The monoisotopic (exact) mass is 318 g/mol. The summed E-state index contributed by atoms with van der Waals surface area (Å²) in [4.78, 5) is 10.5. The number of aliphatic hydroxyl groups is 1. The van der Waals surface area contributed by atoms with Crippen molar-refractivity contribution < 1.29 is 54.5 Å². The molecule has 0 bridgehead atoms. The first kappa shape index (κ1) is 16.9. The molecule has 4 nitrogen and oxygen atoms in total. The molecule has 1 aliphatic rings. The molecule has 0 radical (unpaired) electrons. The van der Waals surface area contributed by atoms with Gasteiger partial charge in [-0.15, -0.1) is 0 Å². The molecule has 0 aromatic carbocycles. The maximum absolute atomic E-state index is 13.6. The molecule has 12 heteroatoms. The summed E-state index contributed by atoms with van der Waals surface area (Å²) in [7, 11) is 0. The molecule has 0 saturated carbocycles. The first-order valence-electron chi connectivity index (χ1n) is 4.69. The average Bonchev–Trinajstić information content (AvgIpc) is 2.37. The van der Waals surface area contributed by atoms with Crippen molar-refractivity contribution >= 4 is 5.97 Å². The van der Waals surface area contributed by atoms with Crippen molar-refractivity contribution in [2.45, 2.75) is 36.6 Å². The third-order valence-electron chi connectivity index (χ3n) is 2.58. The van der Waals surface area contributed by atoms with Gasteiger partial charge in [0.2, 0.25) is 0 Å². The van der Waals surface area contributed by atoms with E-state index in [0.29, 0.717) is 0 Å². The highest BCUT2D eigenvalue weighted by Crippen LogP contribution is 2.59. The van der Waals surface area contributed by atoms with E-state index in [1.54, 1.807) is 0 Å². The van der Waals surface area contributed by atoms with Crippen LogP contribution in [0, 0.1) is 0 Å². The topological polar surface area (TPSA) is 55.8 Å². The highest BCUT2D eigenvalue weighted by atomic mass is 19.4. The highest BCUT2D eigenvalue weighted by Gasteiger charge is 2.90. The molecule has 0 amide bonds. The number of ether oxygens (including phenoxy) is 2. The van der Waals surface area contributed by atoms with Gasteiger partial charge in [0.15, 0.2) is 0 Å². The molecule has 1 aliphatic heterocycles. The minimum atomic E-state index is -6.25. The summed E-state index contributed by atoms with van der Waals surface area (Å²) in [5.41, 5.74) is -4.93. The van der Waals surface area contributed by atoms with Gasteiger partial charge in [0.25, 0.3) is 5.60 Å². The van der Waals surface area contributed by atoms with Crippen LogP contribution in [-0.2, 0) is 14.3 Å². The number of carbonyl (C=O) groups is 1. The predicted octanol–water partition coefficient (Wildman–Crippen LogP) is 1.77. The first-order chi connectivity index (χ1) is 8.62. The lowest BCUT2D eigenvalue weighted by atomic mass is 9.91. The van der Waals surface area contributed by atoms with E-state index in [2.05, 4.69) is 9.47 Å². The predicted molar refractivity (Wildman–Crippen MR) is 42.5 cm³/mol. The zero-order valence-electron chi connectivity index (χ0n) is 9.40. The Hall–Kier alpha value is -1.17. The Morgan fingerprint density at radius 2 is 1.60 bits per heavy atom. The Morgan fingerprint density at radius 3 is 1.85 bits per heavy atom. The second kappa shape index (κ2) is 4.16. The van der Waals surface area contributed by atoms with Gasteiger partial charge >= 0.3 is 30.0 Å². The fourth-order valence-corrected chi connectivity index (χ4v) is 1.58. The minimum Gasteiger partial charge on any atom is -0.440 e. The second-order valence-corrected chi connectivity index (χ2v) is 3.92. The molecule has 118 valence electrons. The quantitative estimate of drug-likeness (QED) is 0.591. The maximum Gasteiger partial charge on any atom is 0.449 e. The Labute approximate surface area is 105 Å². The van der Waals surface area contributed by atoms with E-state index >= 15 is 0 Å². The summed E-state index contributed by atoms with van der Waals surface area (Å²) in [6.07, 6.45) is -12.4. The molecule has 0 aromatic rings. The molecule has 0 aromatic heterocycles. The standard InChI is InChI=1S/C8H6F8O4/c1-3(17)20-4(7(11,12)13)2-19-6(18,5(4,9)10)8(14,15)16/h18H,2H2,1H3. The van der Waals surface area contributed by atoms with E-state index in [9.17, 15) is 39.9 Å². The Kier molecular flexibility index (Phi) is 3.51. The van der Waals surface area contributed by atoms with E-state index in [0.717, 1.165) is 0 Å². The normalized spacial score (nSPS) is 34.1. The Balaban J connectivity index is 3.48. The van der Waals surface area contributed by atoms with Crippen LogP contribution in [0.4, 0.5) is 35.1 Å². The maximum atomic E-state index is 13.6. The molecule has 1 N–H and O–H groups in total. The van der Waals surface area contributed by atoms with Gasteiger partial charge in [0.1, 0.15) is 6.61 Å². The van der Waals surface area contributed by atoms with Crippen LogP contribution in [0.5, 0.6) is 0 Å². The zero-order chi connectivity index (χ0) is 16.2. The fraction of sp³-hybridized carbons (Fsp3) is 0.875. The van der Waals surface area contributed by atoms with Crippen molar-refractivity contribution in [3.05, 3.63) is 0 Å². The van der Waals surface area contributed by atoms with E-state index in [-0.39, 0.29) is 6.92 Å². The van der Waals surface area contributed by atoms with Gasteiger partial charge in [-0.25, -0.2) is 0 Å². The average molecular weight is 318 g/mol. The molecule has 0 aliphatic carbocycles. The van der Waals surface area contributed by atoms with Crippen molar-refractivity contribution in [2.24, 2.45) is 0 Å². The van der Waals surface area contributed by atoms with E-state index in [4.69, 9.17) is 5.11 Å². The lowest BCUT2D eigenvalue weighted by Gasteiger charge is -2.38. The minimum absolute atomic E-state index is 0.286. The van der Waals surface area contributed by atoms with E-state index in [1.807, 2.05) is 0 Å². The molecule has 20 heavy (non-hydrogen) atoms. The number of carbonyl (C=O) groups excluding carboxylic acids is 1. The van der Waals surface area contributed by atoms with Crippen molar-refractivity contribution in [3.8, 4) is 0 Å². The van der Waals surface area contributed by atoms with Crippen molar-refractivity contribution in [1.82, 2.24) is 0 Å². The van der Waals surface area contributed by atoms with Crippen LogP contribution in [0.3, 0.4) is 0 Å². The highest BCUT2D eigenvalue weighted by molar-refractivity contribution is 5.67. The zero-order valence-corrected chi connectivity index (χ0v) is 9.40. The summed E-state index contributed by atoms with van der Waals surface area (Å²) in [6.45, 7) is -2.12. The smallest absolute Gasteiger partial charge is 0.440 e. The summed E-state index contributed by atoms with van der Waals surface area (Å²) in [5.74, 6) is -13.3. The first-order valence-corrected chi connectivity index (χ1v) is 4.69. The van der Waals surface area contributed by atoms with Gasteiger partial charge in [-0.2, -0.15) is 35.1 Å². The number of hydrogen-bond acceptors (Lipinski definition) is 4. The van der Waals surface area contributed by atoms with Gasteiger partial charge in [0.05, 0.1) is 0 Å². The molecule has 0 spiro atoms. The Morgan fingerprint density at radius 1 is 1.15 bits per heavy atom. The van der Waals surface area contributed by atoms with Crippen LogP contribution in [0.15, 0.2) is 0 Å². The second-order valence-electron chi connectivity index (χ2n) is 3.92. The molecule has 1 rings (SSSR count). The van der Waals surface area contributed by atoms with Gasteiger partial charge in [-0.1, -0.05) is 0 Å². The van der Waals surface area contributed by atoms with Crippen molar-refractivity contribution in [2.75, 3.05) is 6.61 Å². The summed E-state index contributed by atoms with van der Waals surface area (Å²) in [5, 5.41) is 8.78. The van der Waals surface area contributed by atoms with Crippen molar-refractivity contribution in [1.29, 1.82) is 0 Å². The molecule has 2 atom stereocenters. The number of hydrogen-bond donors (Lipinski definition) is 1. The molecular weight excluding hydrogens is 312 g/mol. The third kappa shape index (κ3) is 1.92. The molecular formula is C8H6F8O4. The number of alkyl halides is 8. The lowest BCUT2D eigenvalue weighted by Crippen LogP contribution is -2.69. The van der Waals surface area contributed by atoms with Crippen LogP contribution < -0.4 is 0 Å². The molecule has 2 unspecified atom stereocenters. The summed E-state index contributed by atoms with van der Waals surface area (Å²) < 4.78 is 109. The number of rotatable bonds is 1. The van der Waals surface area contributed by atoms with Gasteiger partial charge in [0, 0.05) is 6.92 Å². The number of halogens is 8. The molecule has 1 heterocycles. The summed E-state index contributed by atoms with van der Waals surface area (Å²) >= 11 is 0. The van der Waals surface area contributed by atoms with E-state index in [1.165, 1.54) is 0 Å².